The molecule has 0 spiro atoms. The van der Waals surface area contributed by atoms with Crippen molar-refractivity contribution < 1.29 is 14.0 Å². The van der Waals surface area contributed by atoms with Gasteiger partial charge in [-0.15, -0.1) is 0 Å². The Kier molecular flexibility index (Phi) is 4.46. The molecule has 2 aromatic rings. The molecule has 0 unspecified atom stereocenters. The molecule has 2 amide bonds. The minimum Gasteiger partial charge on any atom is -0.360 e. The van der Waals surface area contributed by atoms with E-state index in [1.54, 1.807) is 24.1 Å². The van der Waals surface area contributed by atoms with Gasteiger partial charge in [0, 0.05) is 25.7 Å². The molecule has 0 bridgehead atoms. The number of para-hydroxylation sites is 2. The third-order valence-corrected chi connectivity index (χ3v) is 4.00. The Hall–Kier alpha value is -2.89. The summed E-state index contributed by atoms with van der Waals surface area (Å²) in [6.07, 6.45) is 0.332. The fourth-order valence-electron chi connectivity index (χ4n) is 2.77. The van der Waals surface area contributed by atoms with Gasteiger partial charge < -0.3 is 15.1 Å². The lowest BCUT2D eigenvalue weighted by molar-refractivity contribution is -0.118. The van der Waals surface area contributed by atoms with Gasteiger partial charge >= 0.3 is 0 Å². The van der Waals surface area contributed by atoms with Crippen LogP contribution in [0.25, 0.3) is 0 Å². The number of benzene rings is 2. The number of nitrogens with one attached hydrogen (secondary N) is 1. The molecule has 0 aliphatic carbocycles. The van der Waals surface area contributed by atoms with Crippen molar-refractivity contribution in [3.05, 3.63) is 54.3 Å². The molecule has 1 aliphatic rings. The van der Waals surface area contributed by atoms with Crippen LogP contribution in [-0.4, -0.2) is 32.0 Å². The fraction of sp³-hybridized carbons (Fsp3) is 0.222. The number of hydrogen-bond donors (Lipinski definition) is 1. The maximum atomic E-state index is 13.2. The minimum absolute atomic E-state index is 0.00971. The van der Waals surface area contributed by atoms with Crippen molar-refractivity contribution in [1.82, 2.24) is 0 Å². The zero-order valence-electron chi connectivity index (χ0n) is 13.3. The van der Waals surface area contributed by atoms with Crippen LogP contribution in [0.1, 0.15) is 6.42 Å². The van der Waals surface area contributed by atoms with E-state index in [1.807, 2.05) is 29.2 Å². The zero-order chi connectivity index (χ0) is 17.1. The lowest BCUT2D eigenvalue weighted by atomic mass is 10.2. The van der Waals surface area contributed by atoms with E-state index in [0.717, 1.165) is 11.4 Å². The predicted molar refractivity (Wildman–Crippen MR) is 91.7 cm³/mol. The Morgan fingerprint density at radius 1 is 1.17 bits per heavy atom. The fourth-order valence-corrected chi connectivity index (χ4v) is 2.77. The molecule has 1 heterocycles. The topological polar surface area (TPSA) is 52.7 Å². The average molecular weight is 327 g/mol. The Morgan fingerprint density at radius 2 is 1.92 bits per heavy atom. The molecular weight excluding hydrogens is 309 g/mol. The highest BCUT2D eigenvalue weighted by molar-refractivity contribution is 6.00. The number of rotatable bonds is 3. The van der Waals surface area contributed by atoms with Gasteiger partial charge in [-0.25, -0.2) is 4.39 Å². The molecule has 0 radical (unpaired) electrons. The first kappa shape index (κ1) is 16.0. The first-order valence-electron chi connectivity index (χ1n) is 7.70. The van der Waals surface area contributed by atoms with Crippen LogP contribution in [0.4, 0.5) is 21.5 Å². The second-order valence-electron chi connectivity index (χ2n) is 5.67. The Bertz CT molecular complexity index is 778. The van der Waals surface area contributed by atoms with Gasteiger partial charge in [-0.1, -0.05) is 18.2 Å². The van der Waals surface area contributed by atoms with E-state index in [0.29, 0.717) is 18.7 Å². The summed E-state index contributed by atoms with van der Waals surface area (Å²) < 4.78 is 13.2. The molecule has 3 rings (SSSR count). The summed E-state index contributed by atoms with van der Waals surface area (Å²) in [6, 6.07) is 13.2. The second-order valence-corrected chi connectivity index (χ2v) is 5.67. The quantitative estimate of drug-likeness (QED) is 0.943. The summed E-state index contributed by atoms with van der Waals surface area (Å²) in [5.41, 5.74) is 2.02. The SMILES string of the molecule is CN1C(=O)CCN(CC(=O)Nc2cccc(F)c2)c2ccccc21. The third-order valence-electron chi connectivity index (χ3n) is 4.00. The Balaban J connectivity index is 1.78. The second kappa shape index (κ2) is 6.70. The van der Waals surface area contributed by atoms with Crippen molar-refractivity contribution in [2.45, 2.75) is 6.42 Å². The van der Waals surface area contributed by atoms with E-state index >= 15 is 0 Å². The molecule has 0 saturated carbocycles. The van der Waals surface area contributed by atoms with Crippen LogP contribution in [0.2, 0.25) is 0 Å². The van der Waals surface area contributed by atoms with Crippen molar-refractivity contribution in [2.24, 2.45) is 0 Å². The summed E-state index contributed by atoms with van der Waals surface area (Å²) in [5.74, 6) is -0.650. The maximum absolute atomic E-state index is 13.2. The first-order valence-corrected chi connectivity index (χ1v) is 7.70. The van der Waals surface area contributed by atoms with Crippen LogP contribution in [0.15, 0.2) is 48.5 Å². The molecule has 2 aromatic carbocycles. The Morgan fingerprint density at radius 3 is 2.67 bits per heavy atom. The average Bonchev–Trinajstić information content (AvgIpc) is 2.68. The van der Waals surface area contributed by atoms with E-state index in [-0.39, 0.29) is 18.4 Å². The summed E-state index contributed by atoms with van der Waals surface area (Å²) in [5, 5.41) is 2.68. The van der Waals surface area contributed by atoms with Crippen LogP contribution >= 0.6 is 0 Å². The number of carbonyl (C=O) groups is 2. The molecule has 1 aliphatic heterocycles. The highest BCUT2D eigenvalue weighted by Crippen LogP contribution is 2.31. The molecule has 6 heteroatoms. The zero-order valence-corrected chi connectivity index (χ0v) is 13.3. The van der Waals surface area contributed by atoms with Gasteiger partial charge in [0.1, 0.15) is 5.82 Å². The van der Waals surface area contributed by atoms with Gasteiger partial charge in [0.25, 0.3) is 0 Å². The van der Waals surface area contributed by atoms with Gasteiger partial charge in [-0.2, -0.15) is 0 Å². The van der Waals surface area contributed by atoms with E-state index in [1.165, 1.54) is 12.1 Å². The highest BCUT2D eigenvalue weighted by Gasteiger charge is 2.24. The van der Waals surface area contributed by atoms with Crippen molar-refractivity contribution >= 4 is 28.9 Å². The van der Waals surface area contributed by atoms with Crippen LogP contribution < -0.4 is 15.1 Å². The number of carbonyl (C=O) groups excluding carboxylic acids is 2. The third kappa shape index (κ3) is 3.37. The lowest BCUT2D eigenvalue weighted by Gasteiger charge is -2.24. The summed E-state index contributed by atoms with van der Waals surface area (Å²) in [6.45, 7) is 0.547. The van der Waals surface area contributed by atoms with Crippen molar-refractivity contribution in [3.63, 3.8) is 0 Å². The van der Waals surface area contributed by atoms with E-state index in [4.69, 9.17) is 0 Å². The van der Waals surface area contributed by atoms with Crippen molar-refractivity contribution in [2.75, 3.05) is 35.3 Å². The van der Waals surface area contributed by atoms with E-state index < -0.39 is 5.82 Å². The Labute approximate surface area is 139 Å². The molecule has 0 aromatic heterocycles. The standard InChI is InChI=1S/C18H18FN3O2/c1-21-15-7-2-3-8-16(15)22(10-9-18(21)24)12-17(23)20-14-6-4-5-13(19)11-14/h2-8,11H,9-10,12H2,1H3,(H,20,23). The highest BCUT2D eigenvalue weighted by atomic mass is 19.1. The molecular formula is C18H18FN3O2. The number of amides is 2. The predicted octanol–water partition coefficient (Wildman–Crippen LogP) is 2.64. The minimum atomic E-state index is -0.403. The molecule has 124 valence electrons. The molecule has 24 heavy (non-hydrogen) atoms. The number of anilines is 3. The van der Waals surface area contributed by atoms with Crippen molar-refractivity contribution in [1.29, 1.82) is 0 Å². The van der Waals surface area contributed by atoms with E-state index in [2.05, 4.69) is 5.32 Å². The smallest absolute Gasteiger partial charge is 0.243 e. The van der Waals surface area contributed by atoms with Crippen LogP contribution in [0.3, 0.4) is 0 Å². The molecule has 0 atom stereocenters. The molecule has 0 saturated heterocycles. The summed E-state index contributed by atoms with van der Waals surface area (Å²) in [4.78, 5) is 27.9. The monoisotopic (exact) mass is 327 g/mol. The molecule has 5 nitrogen and oxygen atoms in total. The van der Waals surface area contributed by atoms with Crippen molar-refractivity contribution in [3.8, 4) is 0 Å². The maximum Gasteiger partial charge on any atom is 0.243 e. The van der Waals surface area contributed by atoms with Gasteiger partial charge in [0.2, 0.25) is 11.8 Å². The summed E-state index contributed by atoms with van der Waals surface area (Å²) >= 11 is 0. The van der Waals surface area contributed by atoms with Gasteiger partial charge in [0.15, 0.2) is 0 Å². The molecule has 1 N–H and O–H groups in total. The number of fused-ring (bicyclic) bond motifs is 1. The van der Waals surface area contributed by atoms with Gasteiger partial charge in [-0.05, 0) is 30.3 Å². The number of hydrogen-bond acceptors (Lipinski definition) is 3. The van der Waals surface area contributed by atoms with Gasteiger partial charge in [-0.3, -0.25) is 9.59 Å². The van der Waals surface area contributed by atoms with Crippen LogP contribution in [-0.2, 0) is 9.59 Å². The van der Waals surface area contributed by atoms with Gasteiger partial charge in [0.05, 0.1) is 17.9 Å². The van der Waals surface area contributed by atoms with Crippen LogP contribution in [0.5, 0.6) is 0 Å². The normalized spacial score (nSPS) is 14.2. The first-order chi connectivity index (χ1) is 11.5. The number of nitrogens with zero attached hydrogens (tertiary/aromatic N) is 2. The number of halogens is 1. The van der Waals surface area contributed by atoms with Crippen LogP contribution in [0, 0.1) is 5.82 Å². The van der Waals surface area contributed by atoms with E-state index in [9.17, 15) is 14.0 Å². The lowest BCUT2D eigenvalue weighted by Crippen LogP contribution is -2.34. The largest absolute Gasteiger partial charge is 0.360 e. The molecule has 0 fully saturated rings. The summed E-state index contributed by atoms with van der Waals surface area (Å²) in [7, 11) is 1.73.